The van der Waals surface area contributed by atoms with Gasteiger partial charge in [-0.2, -0.15) is 0 Å². The number of hydrogen-bond donors (Lipinski definition) is 2. The molecule has 0 radical (unpaired) electrons. The average Bonchev–Trinajstić information content (AvgIpc) is 2.97. The van der Waals surface area contributed by atoms with E-state index in [9.17, 15) is 4.79 Å². The van der Waals surface area contributed by atoms with Crippen LogP contribution >= 0.6 is 11.3 Å². The lowest BCUT2D eigenvalue weighted by molar-refractivity contribution is 0.0950. The number of amides is 1. The lowest BCUT2D eigenvalue weighted by Gasteiger charge is -2.11. The van der Waals surface area contributed by atoms with Crippen LogP contribution in [-0.4, -0.2) is 22.9 Å². The van der Waals surface area contributed by atoms with Gasteiger partial charge in [-0.1, -0.05) is 13.8 Å². The summed E-state index contributed by atoms with van der Waals surface area (Å²) in [5, 5.41) is 8.64. The molecule has 0 aromatic carbocycles. The minimum Gasteiger partial charge on any atom is -0.373 e. The van der Waals surface area contributed by atoms with Crippen molar-refractivity contribution in [1.82, 2.24) is 15.3 Å². The van der Waals surface area contributed by atoms with Gasteiger partial charge in [0.15, 0.2) is 0 Å². The summed E-state index contributed by atoms with van der Waals surface area (Å²) in [7, 11) is 1.80. The normalized spacial score (nSPS) is 10.6. The molecule has 2 N–H and O–H groups in total. The molecule has 2 rings (SSSR count). The highest BCUT2D eigenvalue weighted by Gasteiger charge is 2.11. The molecule has 0 fully saturated rings. The van der Waals surface area contributed by atoms with Gasteiger partial charge in [-0.05, 0) is 18.1 Å². The highest BCUT2D eigenvalue weighted by Crippen LogP contribution is 2.17. The number of rotatable bonds is 5. The van der Waals surface area contributed by atoms with Gasteiger partial charge in [0.1, 0.15) is 10.8 Å². The van der Waals surface area contributed by atoms with Crippen LogP contribution in [0.5, 0.6) is 0 Å². The van der Waals surface area contributed by atoms with Crippen LogP contribution in [-0.2, 0) is 6.54 Å². The molecule has 0 saturated heterocycles. The second-order valence-corrected chi connectivity index (χ2v) is 5.66. The molecular formula is C14H18N4OS. The van der Waals surface area contributed by atoms with Crippen LogP contribution in [0.25, 0.3) is 0 Å². The minimum atomic E-state index is -0.110. The quantitative estimate of drug-likeness (QED) is 0.888. The highest BCUT2D eigenvalue weighted by atomic mass is 32.1. The molecule has 5 nitrogen and oxygen atoms in total. The van der Waals surface area contributed by atoms with Gasteiger partial charge >= 0.3 is 0 Å². The van der Waals surface area contributed by atoms with Crippen LogP contribution < -0.4 is 10.6 Å². The Bertz CT molecular complexity index is 581. The Morgan fingerprint density at radius 2 is 2.20 bits per heavy atom. The van der Waals surface area contributed by atoms with Crippen LogP contribution in [0.2, 0.25) is 0 Å². The van der Waals surface area contributed by atoms with E-state index >= 15 is 0 Å². The van der Waals surface area contributed by atoms with Gasteiger partial charge in [-0.3, -0.25) is 4.79 Å². The molecule has 0 aliphatic carbocycles. The maximum absolute atomic E-state index is 12.2. The first kappa shape index (κ1) is 14.5. The number of carbonyl (C=O) groups is 1. The fourth-order valence-electron chi connectivity index (χ4n) is 1.71. The predicted octanol–water partition coefficient (Wildman–Crippen LogP) is 2.63. The van der Waals surface area contributed by atoms with Crippen molar-refractivity contribution in [3.63, 3.8) is 0 Å². The van der Waals surface area contributed by atoms with E-state index in [-0.39, 0.29) is 11.8 Å². The van der Waals surface area contributed by atoms with E-state index in [2.05, 4.69) is 34.4 Å². The van der Waals surface area contributed by atoms with Crippen molar-refractivity contribution < 1.29 is 4.79 Å². The molecule has 6 heteroatoms. The molecule has 0 unspecified atom stereocenters. The smallest absolute Gasteiger partial charge is 0.251 e. The zero-order chi connectivity index (χ0) is 14.5. The molecular weight excluding hydrogens is 272 g/mol. The van der Waals surface area contributed by atoms with E-state index in [0.29, 0.717) is 17.9 Å². The summed E-state index contributed by atoms with van der Waals surface area (Å²) in [4.78, 5) is 20.8. The molecule has 1 amide bonds. The first-order chi connectivity index (χ1) is 9.60. The summed E-state index contributed by atoms with van der Waals surface area (Å²) in [5.41, 5.74) is 1.51. The summed E-state index contributed by atoms with van der Waals surface area (Å²) in [5.74, 6) is 0.866. The molecule has 0 spiro atoms. The van der Waals surface area contributed by atoms with Crippen LogP contribution in [0.15, 0.2) is 23.7 Å². The molecule has 2 heterocycles. The van der Waals surface area contributed by atoms with Crippen LogP contribution in [0.3, 0.4) is 0 Å². The van der Waals surface area contributed by atoms with E-state index in [1.54, 1.807) is 19.3 Å². The summed E-state index contributed by atoms with van der Waals surface area (Å²) in [6.07, 6.45) is 1.73. The molecule has 106 valence electrons. The third-order valence-corrected chi connectivity index (χ3v) is 3.62. The number of carbonyl (C=O) groups excluding carboxylic acids is 1. The Labute approximate surface area is 122 Å². The van der Waals surface area contributed by atoms with Crippen molar-refractivity contribution >= 4 is 23.1 Å². The topological polar surface area (TPSA) is 66.9 Å². The molecule has 2 aromatic heterocycles. The number of nitrogens with one attached hydrogen (secondary N) is 2. The molecule has 0 aliphatic heterocycles. The number of hydrogen-bond acceptors (Lipinski definition) is 5. The molecule has 0 atom stereocenters. The third-order valence-electron chi connectivity index (χ3n) is 2.84. The largest absolute Gasteiger partial charge is 0.373 e. The second kappa shape index (κ2) is 6.47. The lowest BCUT2D eigenvalue weighted by atomic mass is 10.1. The third kappa shape index (κ3) is 3.54. The van der Waals surface area contributed by atoms with Crippen molar-refractivity contribution in [3.8, 4) is 0 Å². The second-order valence-electron chi connectivity index (χ2n) is 4.68. The molecule has 0 saturated carbocycles. The number of thiazole rings is 1. The first-order valence-corrected chi connectivity index (χ1v) is 7.34. The van der Waals surface area contributed by atoms with Crippen LogP contribution in [0, 0.1) is 0 Å². The maximum atomic E-state index is 12.2. The summed E-state index contributed by atoms with van der Waals surface area (Å²) in [6.45, 7) is 4.56. The van der Waals surface area contributed by atoms with Crippen molar-refractivity contribution in [3.05, 3.63) is 40.0 Å². The van der Waals surface area contributed by atoms with E-state index < -0.39 is 0 Å². The Hall–Kier alpha value is -1.95. The van der Waals surface area contributed by atoms with Gasteiger partial charge in [0, 0.05) is 29.9 Å². The van der Waals surface area contributed by atoms with Crippen LogP contribution in [0.4, 0.5) is 5.82 Å². The molecule has 2 aromatic rings. The Balaban J connectivity index is 2.14. The molecule has 0 bridgehead atoms. The first-order valence-electron chi connectivity index (χ1n) is 6.46. The van der Waals surface area contributed by atoms with E-state index in [1.807, 2.05) is 11.4 Å². The van der Waals surface area contributed by atoms with Crippen molar-refractivity contribution in [1.29, 1.82) is 0 Å². The fourth-order valence-corrected chi connectivity index (χ4v) is 2.26. The Morgan fingerprint density at radius 1 is 1.40 bits per heavy atom. The van der Waals surface area contributed by atoms with Crippen molar-refractivity contribution in [2.24, 2.45) is 0 Å². The fraction of sp³-hybridized carbons (Fsp3) is 0.357. The van der Waals surface area contributed by atoms with Gasteiger partial charge in [0.25, 0.3) is 5.91 Å². The molecule has 0 aliphatic rings. The average molecular weight is 290 g/mol. The Morgan fingerprint density at radius 3 is 2.80 bits per heavy atom. The standard InChI is InChI=1S/C14H18N4OS/c1-9(2)11-6-10(7-12(15-3)18-11)14(19)17-8-13-16-4-5-20-13/h4-7,9H,8H2,1-3H3,(H,15,18)(H,17,19). The van der Waals surface area contributed by atoms with Gasteiger partial charge in [-0.25, -0.2) is 9.97 Å². The van der Waals surface area contributed by atoms with E-state index in [1.165, 1.54) is 11.3 Å². The van der Waals surface area contributed by atoms with Gasteiger partial charge in [0.05, 0.1) is 6.54 Å². The summed E-state index contributed by atoms with van der Waals surface area (Å²) < 4.78 is 0. The maximum Gasteiger partial charge on any atom is 0.251 e. The molecule has 20 heavy (non-hydrogen) atoms. The van der Waals surface area contributed by atoms with Gasteiger partial charge < -0.3 is 10.6 Å². The van der Waals surface area contributed by atoms with Crippen molar-refractivity contribution in [2.75, 3.05) is 12.4 Å². The summed E-state index contributed by atoms with van der Waals surface area (Å²) in [6, 6.07) is 3.59. The lowest BCUT2D eigenvalue weighted by Crippen LogP contribution is -2.23. The van der Waals surface area contributed by atoms with Gasteiger partial charge in [-0.15, -0.1) is 11.3 Å². The summed E-state index contributed by atoms with van der Waals surface area (Å²) >= 11 is 1.53. The zero-order valence-corrected chi connectivity index (χ0v) is 12.6. The number of anilines is 1. The van der Waals surface area contributed by atoms with E-state index in [4.69, 9.17) is 0 Å². The predicted molar refractivity (Wildman–Crippen MR) is 81.2 cm³/mol. The number of nitrogens with zero attached hydrogens (tertiary/aromatic N) is 2. The SMILES string of the molecule is CNc1cc(C(=O)NCc2nccs2)cc(C(C)C)n1. The zero-order valence-electron chi connectivity index (χ0n) is 11.8. The van der Waals surface area contributed by atoms with Crippen molar-refractivity contribution in [2.45, 2.75) is 26.3 Å². The van der Waals surface area contributed by atoms with Gasteiger partial charge in [0.2, 0.25) is 0 Å². The minimum absolute atomic E-state index is 0.110. The highest BCUT2D eigenvalue weighted by molar-refractivity contribution is 7.09. The Kier molecular flexibility index (Phi) is 4.68. The van der Waals surface area contributed by atoms with Crippen LogP contribution in [0.1, 0.15) is 40.8 Å². The monoisotopic (exact) mass is 290 g/mol. The number of aromatic nitrogens is 2. The van der Waals surface area contributed by atoms with E-state index in [0.717, 1.165) is 10.7 Å². The number of pyridine rings is 1.